The molecule has 0 aromatic heterocycles. The predicted molar refractivity (Wildman–Crippen MR) is 142 cm³/mol. The summed E-state index contributed by atoms with van der Waals surface area (Å²) in [6, 6.07) is 15.5. The molecule has 36 heavy (non-hydrogen) atoms. The van der Waals surface area contributed by atoms with Crippen molar-refractivity contribution in [3.05, 3.63) is 59.7 Å². The van der Waals surface area contributed by atoms with Gasteiger partial charge in [0.1, 0.15) is 0 Å². The second-order valence-electron chi connectivity index (χ2n) is 8.99. The fourth-order valence-corrected chi connectivity index (χ4v) is 3.58. The molecule has 0 radical (unpaired) electrons. The molecule has 2 N–H and O–H groups in total. The van der Waals surface area contributed by atoms with Crippen LogP contribution in [-0.2, 0) is 16.0 Å². The predicted octanol–water partition coefficient (Wildman–Crippen LogP) is 3.30. The van der Waals surface area contributed by atoms with E-state index in [0.29, 0.717) is 42.7 Å². The number of hydrogen-bond donors (Lipinski definition) is 2. The molecule has 1 saturated heterocycles. The fourth-order valence-electron chi connectivity index (χ4n) is 3.58. The molecule has 0 aliphatic carbocycles. The van der Waals surface area contributed by atoms with Gasteiger partial charge in [0.2, 0.25) is 5.91 Å². The van der Waals surface area contributed by atoms with Crippen molar-refractivity contribution in [1.29, 1.82) is 0 Å². The van der Waals surface area contributed by atoms with Crippen LogP contribution >= 0.6 is 0 Å². The van der Waals surface area contributed by atoms with Gasteiger partial charge in [0.15, 0.2) is 11.5 Å². The van der Waals surface area contributed by atoms with Crippen LogP contribution in [0.15, 0.2) is 48.5 Å². The summed E-state index contributed by atoms with van der Waals surface area (Å²) in [4.78, 5) is 25.6. The molecule has 2 amide bonds. The van der Waals surface area contributed by atoms with E-state index in [1.54, 1.807) is 44.4 Å². The van der Waals surface area contributed by atoms with Crippen molar-refractivity contribution < 1.29 is 23.8 Å². The molecular formula is C28H41N3O5. The van der Waals surface area contributed by atoms with E-state index >= 15 is 0 Å². The SMILES string of the molecule is COCCCOc1cc(C(=O)N(C)C(C)C)ccc1OC.O=C(Cc1ccccc1)NC1CCNC1. The standard InChI is InChI=1S/C16H25NO4.C12H16N2O/c1-12(2)17(3)16(18)13-7-8-14(20-5)15(11-13)21-10-6-9-19-4;15-12(14-11-6-7-13-9-11)8-10-4-2-1-3-5-10/h7-8,11-12H,6,9-10H2,1-5H3;1-5,11,13H,6-9H2,(H,14,15). The summed E-state index contributed by atoms with van der Waals surface area (Å²) in [5.41, 5.74) is 1.66. The highest BCUT2D eigenvalue weighted by atomic mass is 16.5. The largest absolute Gasteiger partial charge is 0.493 e. The van der Waals surface area contributed by atoms with Crippen LogP contribution in [0, 0.1) is 0 Å². The minimum absolute atomic E-state index is 0.0330. The van der Waals surface area contributed by atoms with Crippen LogP contribution < -0.4 is 20.1 Å². The van der Waals surface area contributed by atoms with Crippen LogP contribution in [0.4, 0.5) is 0 Å². The van der Waals surface area contributed by atoms with Crippen LogP contribution in [0.3, 0.4) is 0 Å². The number of benzene rings is 2. The lowest BCUT2D eigenvalue weighted by molar-refractivity contribution is -0.121. The van der Waals surface area contributed by atoms with E-state index in [4.69, 9.17) is 14.2 Å². The van der Waals surface area contributed by atoms with E-state index < -0.39 is 0 Å². The average molecular weight is 500 g/mol. The summed E-state index contributed by atoms with van der Waals surface area (Å²) < 4.78 is 15.9. The third kappa shape index (κ3) is 9.87. The van der Waals surface area contributed by atoms with Gasteiger partial charge < -0.3 is 29.7 Å². The Morgan fingerprint density at radius 2 is 1.83 bits per heavy atom. The molecule has 0 saturated carbocycles. The van der Waals surface area contributed by atoms with Gasteiger partial charge in [0, 0.05) is 51.4 Å². The normalized spacial score (nSPS) is 14.6. The van der Waals surface area contributed by atoms with Gasteiger partial charge in [-0.15, -0.1) is 0 Å². The monoisotopic (exact) mass is 499 g/mol. The second-order valence-corrected chi connectivity index (χ2v) is 8.99. The third-order valence-corrected chi connectivity index (χ3v) is 5.89. The summed E-state index contributed by atoms with van der Waals surface area (Å²) in [5.74, 6) is 1.29. The molecule has 2 aromatic rings. The van der Waals surface area contributed by atoms with Gasteiger partial charge in [-0.2, -0.15) is 0 Å². The summed E-state index contributed by atoms with van der Waals surface area (Å²) in [7, 11) is 5.02. The van der Waals surface area contributed by atoms with Gasteiger partial charge in [-0.05, 0) is 50.6 Å². The van der Waals surface area contributed by atoms with Crippen LogP contribution in [0.5, 0.6) is 11.5 Å². The zero-order valence-corrected chi connectivity index (χ0v) is 22.2. The number of nitrogens with one attached hydrogen (secondary N) is 2. The van der Waals surface area contributed by atoms with Crippen molar-refractivity contribution in [2.45, 2.75) is 45.2 Å². The minimum Gasteiger partial charge on any atom is -0.493 e. The summed E-state index contributed by atoms with van der Waals surface area (Å²) in [5, 5.41) is 6.25. The van der Waals surface area contributed by atoms with E-state index in [9.17, 15) is 9.59 Å². The smallest absolute Gasteiger partial charge is 0.253 e. The number of amides is 2. The third-order valence-electron chi connectivity index (χ3n) is 5.89. The zero-order chi connectivity index (χ0) is 26.3. The first-order chi connectivity index (χ1) is 17.3. The van der Waals surface area contributed by atoms with E-state index in [-0.39, 0.29) is 17.9 Å². The maximum atomic E-state index is 12.3. The molecule has 1 atom stereocenters. The Morgan fingerprint density at radius 1 is 1.08 bits per heavy atom. The van der Waals surface area contributed by atoms with Crippen LogP contribution in [0.2, 0.25) is 0 Å². The molecule has 3 rings (SSSR count). The van der Waals surface area contributed by atoms with Crippen LogP contribution in [0.25, 0.3) is 0 Å². The molecule has 2 aromatic carbocycles. The molecular weight excluding hydrogens is 458 g/mol. The summed E-state index contributed by atoms with van der Waals surface area (Å²) in [6.07, 6.45) is 2.31. The Morgan fingerprint density at radius 3 is 2.44 bits per heavy atom. The zero-order valence-electron chi connectivity index (χ0n) is 22.2. The van der Waals surface area contributed by atoms with Crippen LogP contribution in [-0.4, -0.2) is 76.4 Å². The van der Waals surface area contributed by atoms with Crippen molar-refractivity contribution in [2.24, 2.45) is 0 Å². The summed E-state index contributed by atoms with van der Waals surface area (Å²) in [6.45, 7) is 7.02. The van der Waals surface area contributed by atoms with Gasteiger partial charge in [-0.1, -0.05) is 30.3 Å². The summed E-state index contributed by atoms with van der Waals surface area (Å²) >= 11 is 0. The van der Waals surface area contributed by atoms with Crippen molar-refractivity contribution in [1.82, 2.24) is 15.5 Å². The highest BCUT2D eigenvalue weighted by Crippen LogP contribution is 2.28. The Hall–Kier alpha value is -3.10. The minimum atomic E-state index is -0.0330. The van der Waals surface area contributed by atoms with Crippen molar-refractivity contribution in [3.8, 4) is 11.5 Å². The highest BCUT2D eigenvalue weighted by Gasteiger charge is 2.17. The maximum absolute atomic E-state index is 12.3. The van der Waals surface area contributed by atoms with Crippen LogP contribution in [0.1, 0.15) is 42.6 Å². The Kier molecular flexibility index (Phi) is 12.8. The second kappa shape index (κ2) is 15.8. The lowest BCUT2D eigenvalue weighted by atomic mass is 10.1. The molecule has 1 aliphatic rings. The molecule has 0 spiro atoms. The fraction of sp³-hybridized carbons (Fsp3) is 0.500. The molecule has 0 bridgehead atoms. The van der Waals surface area contributed by atoms with Crippen molar-refractivity contribution in [3.63, 3.8) is 0 Å². The van der Waals surface area contributed by atoms with Gasteiger partial charge in [0.05, 0.1) is 20.1 Å². The Labute approximate surface area is 215 Å². The number of ether oxygens (including phenoxy) is 3. The van der Waals surface area contributed by atoms with E-state index in [2.05, 4.69) is 10.6 Å². The Balaban J connectivity index is 0.000000267. The first-order valence-corrected chi connectivity index (χ1v) is 12.5. The molecule has 198 valence electrons. The Bertz CT molecular complexity index is 930. The van der Waals surface area contributed by atoms with E-state index in [1.165, 1.54) is 0 Å². The number of carbonyl (C=O) groups is 2. The number of nitrogens with zero attached hydrogens (tertiary/aromatic N) is 1. The van der Waals surface area contributed by atoms with Gasteiger partial charge in [-0.25, -0.2) is 0 Å². The first kappa shape index (κ1) is 29.1. The molecule has 1 heterocycles. The van der Waals surface area contributed by atoms with E-state index in [0.717, 1.165) is 31.5 Å². The molecule has 8 heteroatoms. The molecule has 1 fully saturated rings. The van der Waals surface area contributed by atoms with Crippen molar-refractivity contribution in [2.75, 3.05) is 47.6 Å². The van der Waals surface area contributed by atoms with Gasteiger partial charge >= 0.3 is 0 Å². The molecule has 1 unspecified atom stereocenters. The average Bonchev–Trinajstić information content (AvgIpc) is 3.39. The number of carbonyl (C=O) groups excluding carboxylic acids is 2. The van der Waals surface area contributed by atoms with Gasteiger partial charge in [0.25, 0.3) is 5.91 Å². The maximum Gasteiger partial charge on any atom is 0.253 e. The lowest BCUT2D eigenvalue weighted by Gasteiger charge is -2.22. The molecule has 8 nitrogen and oxygen atoms in total. The van der Waals surface area contributed by atoms with Gasteiger partial charge in [-0.3, -0.25) is 9.59 Å². The molecule has 1 aliphatic heterocycles. The number of methoxy groups -OCH3 is 2. The highest BCUT2D eigenvalue weighted by molar-refractivity contribution is 5.95. The topological polar surface area (TPSA) is 89.1 Å². The number of hydrogen-bond acceptors (Lipinski definition) is 6. The lowest BCUT2D eigenvalue weighted by Crippen LogP contribution is -2.37. The number of rotatable bonds is 11. The first-order valence-electron chi connectivity index (χ1n) is 12.5. The van der Waals surface area contributed by atoms with Crippen molar-refractivity contribution >= 4 is 11.8 Å². The quantitative estimate of drug-likeness (QED) is 0.461. The van der Waals surface area contributed by atoms with E-state index in [1.807, 2.05) is 44.2 Å².